The number of aromatic nitrogens is 3. The Hall–Kier alpha value is -7.23. The number of benzene rings is 9. The normalized spacial score (nSPS) is 11.3. The fourth-order valence-electron chi connectivity index (χ4n) is 7.70. The summed E-state index contributed by atoms with van der Waals surface area (Å²) in [6, 6.07) is 70.7. The molecule has 0 aliphatic rings. The summed E-state index contributed by atoms with van der Waals surface area (Å²) in [4.78, 5) is 15.1. The van der Waals surface area contributed by atoms with E-state index in [1.165, 1.54) is 49.0 Å². The van der Waals surface area contributed by atoms with Gasteiger partial charge in [0.1, 0.15) is 0 Å². The third-order valence-corrected chi connectivity index (χ3v) is 10.3. The molecule has 3 nitrogen and oxygen atoms in total. The van der Waals surface area contributed by atoms with Gasteiger partial charge in [-0.05, 0) is 77.8 Å². The second kappa shape index (κ2) is 13.4. The molecule has 0 saturated carbocycles. The van der Waals surface area contributed by atoms with Crippen molar-refractivity contribution in [2.75, 3.05) is 0 Å². The van der Waals surface area contributed by atoms with Crippen molar-refractivity contribution < 1.29 is 0 Å². The van der Waals surface area contributed by atoms with E-state index in [2.05, 4.69) is 164 Å². The fourth-order valence-corrected chi connectivity index (χ4v) is 7.70. The van der Waals surface area contributed by atoms with Gasteiger partial charge in [-0.25, -0.2) is 15.0 Å². The monoisotopic (exact) mass is 687 g/mol. The Balaban J connectivity index is 1.11. The molecule has 0 amide bonds. The van der Waals surface area contributed by atoms with E-state index in [-0.39, 0.29) is 0 Å². The molecule has 0 unspecified atom stereocenters. The van der Waals surface area contributed by atoms with Crippen molar-refractivity contribution in [3.05, 3.63) is 200 Å². The van der Waals surface area contributed by atoms with E-state index in [4.69, 9.17) is 15.0 Å². The molecule has 9 aromatic carbocycles. The number of rotatable bonds is 6. The lowest BCUT2D eigenvalue weighted by molar-refractivity contribution is 1.07. The maximum absolute atomic E-state index is 5.08. The summed E-state index contributed by atoms with van der Waals surface area (Å²) in [5.74, 6) is 1.92. The molecule has 0 radical (unpaired) electrons. The van der Waals surface area contributed by atoms with Crippen LogP contribution in [0.2, 0.25) is 0 Å². The van der Waals surface area contributed by atoms with Crippen LogP contribution in [0, 0.1) is 0 Å². The van der Waals surface area contributed by atoms with Crippen LogP contribution in [0.3, 0.4) is 0 Å². The van der Waals surface area contributed by atoms with Gasteiger partial charge in [0.2, 0.25) is 0 Å². The van der Waals surface area contributed by atoms with Crippen LogP contribution in [0.5, 0.6) is 0 Å². The van der Waals surface area contributed by atoms with Gasteiger partial charge >= 0.3 is 0 Å². The summed E-state index contributed by atoms with van der Waals surface area (Å²) in [6.45, 7) is 0. The molecule has 0 aliphatic heterocycles. The molecule has 0 N–H and O–H groups in total. The number of hydrogen-bond donors (Lipinski definition) is 0. The fraction of sp³-hybridized carbons (Fsp3) is 0. The Labute approximate surface area is 313 Å². The minimum absolute atomic E-state index is 0.636. The third-order valence-electron chi connectivity index (χ3n) is 10.3. The number of fused-ring (bicyclic) bond motifs is 3. The van der Waals surface area contributed by atoms with Gasteiger partial charge in [0.25, 0.3) is 0 Å². The molecule has 10 aromatic rings. The van der Waals surface area contributed by atoms with E-state index in [0.29, 0.717) is 17.5 Å². The zero-order valence-corrected chi connectivity index (χ0v) is 29.4. The Bertz CT molecular complexity index is 2910. The molecule has 252 valence electrons. The third kappa shape index (κ3) is 5.69. The lowest BCUT2D eigenvalue weighted by Crippen LogP contribution is -2.00. The maximum atomic E-state index is 5.08. The lowest BCUT2D eigenvalue weighted by Gasteiger charge is -2.18. The van der Waals surface area contributed by atoms with Gasteiger partial charge in [-0.3, -0.25) is 0 Å². The first kappa shape index (κ1) is 31.5. The average molecular weight is 688 g/mol. The van der Waals surface area contributed by atoms with Crippen LogP contribution in [-0.2, 0) is 0 Å². The maximum Gasteiger partial charge on any atom is 0.164 e. The molecule has 1 aromatic heterocycles. The molecule has 0 aliphatic carbocycles. The molecule has 54 heavy (non-hydrogen) atoms. The van der Waals surface area contributed by atoms with E-state index in [1.807, 2.05) is 36.4 Å². The molecule has 1 heterocycles. The number of nitrogens with zero attached hydrogens (tertiary/aromatic N) is 3. The Kier molecular flexibility index (Phi) is 7.81. The van der Waals surface area contributed by atoms with Crippen LogP contribution < -0.4 is 0 Å². The van der Waals surface area contributed by atoms with Crippen LogP contribution >= 0.6 is 0 Å². The minimum Gasteiger partial charge on any atom is -0.208 e. The Morgan fingerprint density at radius 3 is 1.24 bits per heavy atom. The van der Waals surface area contributed by atoms with Gasteiger partial charge in [0, 0.05) is 16.7 Å². The molecule has 0 bridgehead atoms. The van der Waals surface area contributed by atoms with E-state index in [9.17, 15) is 0 Å². The second-order valence-electron chi connectivity index (χ2n) is 13.6. The summed E-state index contributed by atoms with van der Waals surface area (Å²) in [5.41, 5.74) is 9.93. The second-order valence-corrected chi connectivity index (χ2v) is 13.6. The van der Waals surface area contributed by atoms with Gasteiger partial charge in [0.05, 0.1) is 0 Å². The molecule has 3 heteroatoms. The van der Waals surface area contributed by atoms with Crippen molar-refractivity contribution in [2.24, 2.45) is 0 Å². The van der Waals surface area contributed by atoms with Gasteiger partial charge < -0.3 is 0 Å². The van der Waals surface area contributed by atoms with Crippen molar-refractivity contribution in [3.63, 3.8) is 0 Å². The Morgan fingerprint density at radius 2 is 0.630 bits per heavy atom. The highest BCUT2D eigenvalue weighted by Crippen LogP contribution is 2.44. The van der Waals surface area contributed by atoms with E-state index in [1.54, 1.807) is 0 Å². The molecule has 10 rings (SSSR count). The predicted octanol–water partition coefficient (Wildman–Crippen LogP) is 13.3. The molecule has 0 saturated heterocycles. The zero-order chi connectivity index (χ0) is 35.8. The summed E-state index contributed by atoms with van der Waals surface area (Å²) in [7, 11) is 0. The lowest BCUT2D eigenvalue weighted by atomic mass is 9.85. The summed E-state index contributed by atoms with van der Waals surface area (Å²) >= 11 is 0. The summed E-state index contributed by atoms with van der Waals surface area (Å²) in [5, 5.41) is 7.39. The van der Waals surface area contributed by atoms with Crippen molar-refractivity contribution in [1.29, 1.82) is 0 Å². The van der Waals surface area contributed by atoms with E-state index < -0.39 is 0 Å². The van der Waals surface area contributed by atoms with Crippen LogP contribution in [0.25, 0.3) is 99.9 Å². The van der Waals surface area contributed by atoms with Crippen molar-refractivity contribution >= 4 is 32.3 Å². The van der Waals surface area contributed by atoms with Gasteiger partial charge in [-0.15, -0.1) is 0 Å². The topological polar surface area (TPSA) is 38.7 Å². The predicted molar refractivity (Wildman–Crippen MR) is 225 cm³/mol. The first-order valence-corrected chi connectivity index (χ1v) is 18.3. The van der Waals surface area contributed by atoms with Crippen LogP contribution in [-0.4, -0.2) is 15.0 Å². The summed E-state index contributed by atoms with van der Waals surface area (Å²) < 4.78 is 0. The minimum atomic E-state index is 0.636. The van der Waals surface area contributed by atoms with Gasteiger partial charge in [-0.1, -0.05) is 188 Å². The smallest absolute Gasteiger partial charge is 0.164 e. The van der Waals surface area contributed by atoms with Crippen LogP contribution in [0.15, 0.2) is 200 Å². The van der Waals surface area contributed by atoms with Gasteiger partial charge in [-0.2, -0.15) is 0 Å². The van der Waals surface area contributed by atoms with Crippen molar-refractivity contribution in [2.45, 2.75) is 0 Å². The highest BCUT2D eigenvalue weighted by molar-refractivity contribution is 6.21. The molecule has 0 fully saturated rings. The molecule has 0 atom stereocenters. The average Bonchev–Trinajstić information content (AvgIpc) is 3.26. The SMILES string of the molecule is c1ccc(-c2cccc(-c3nc(-c4ccccc4)nc(-c4ccc(-c5c6ccccc6c(-c6ccc7ccccc7c6)c6ccccc56)cc4)n3)c2)cc1. The first-order chi connectivity index (χ1) is 26.8. The van der Waals surface area contributed by atoms with Crippen molar-refractivity contribution in [3.8, 4) is 67.5 Å². The molecule has 0 spiro atoms. The zero-order valence-electron chi connectivity index (χ0n) is 29.4. The summed E-state index contributed by atoms with van der Waals surface area (Å²) in [6.07, 6.45) is 0. The van der Waals surface area contributed by atoms with Crippen LogP contribution in [0.4, 0.5) is 0 Å². The highest BCUT2D eigenvalue weighted by atomic mass is 15.0. The highest BCUT2D eigenvalue weighted by Gasteiger charge is 2.18. The van der Waals surface area contributed by atoms with Gasteiger partial charge in [0.15, 0.2) is 17.5 Å². The molecular weight excluding hydrogens is 655 g/mol. The van der Waals surface area contributed by atoms with E-state index in [0.717, 1.165) is 33.4 Å². The largest absolute Gasteiger partial charge is 0.208 e. The first-order valence-electron chi connectivity index (χ1n) is 18.3. The standard InChI is InChI=1S/C51H33N3/c1-3-14-34(15-4-1)40-20-13-21-42(33-40)51-53-49(37-17-5-2-6-18-37)52-50(54-51)38-29-27-36(28-30-38)47-43-22-9-11-24-45(43)48(46-25-12-10-23-44(46)47)41-31-26-35-16-7-8-19-39(35)32-41/h1-33H. The Morgan fingerprint density at radius 1 is 0.222 bits per heavy atom. The van der Waals surface area contributed by atoms with Crippen molar-refractivity contribution in [1.82, 2.24) is 15.0 Å². The van der Waals surface area contributed by atoms with Crippen LogP contribution in [0.1, 0.15) is 0 Å². The quantitative estimate of drug-likeness (QED) is 0.163. The molecular formula is C51H33N3. The van der Waals surface area contributed by atoms with E-state index >= 15 is 0 Å². The number of hydrogen-bond acceptors (Lipinski definition) is 3.